The highest BCUT2D eigenvalue weighted by molar-refractivity contribution is 5.85. The fraction of sp³-hybridized carbons (Fsp3) is 0.778. The molecule has 74 valence electrons. The van der Waals surface area contributed by atoms with Crippen LogP contribution in [0.5, 0.6) is 0 Å². The zero-order valence-corrected chi connectivity index (χ0v) is 8.17. The number of hydrogen-bond donors (Lipinski definition) is 1. The summed E-state index contributed by atoms with van der Waals surface area (Å²) >= 11 is 0. The van der Waals surface area contributed by atoms with Gasteiger partial charge in [-0.25, -0.2) is 0 Å². The predicted octanol–water partition coefficient (Wildman–Crippen LogP) is -0.00910. The van der Waals surface area contributed by atoms with Gasteiger partial charge in [0.15, 0.2) is 0 Å². The average molecular weight is 184 g/mol. The van der Waals surface area contributed by atoms with Crippen LogP contribution in [0.25, 0.3) is 0 Å². The number of nitrogens with zero attached hydrogens (tertiary/aromatic N) is 1. The standard InChI is InChI=1S/C9H16N2O2/c1-11(2)8(12)6-10-9(13)7-4-3-5-7/h7H,3-6H2,1-2H3,(H,10,13). The van der Waals surface area contributed by atoms with Crippen LogP contribution in [0.15, 0.2) is 0 Å². The molecule has 0 saturated heterocycles. The zero-order chi connectivity index (χ0) is 9.84. The number of carbonyl (C=O) groups excluding carboxylic acids is 2. The van der Waals surface area contributed by atoms with E-state index in [1.165, 1.54) is 4.90 Å². The lowest BCUT2D eigenvalue weighted by Crippen LogP contribution is -2.40. The Kier molecular flexibility index (Phi) is 3.28. The molecule has 0 aromatic rings. The number of amides is 2. The molecule has 13 heavy (non-hydrogen) atoms. The number of carbonyl (C=O) groups is 2. The van der Waals surface area contributed by atoms with Crippen molar-refractivity contribution in [2.24, 2.45) is 5.92 Å². The predicted molar refractivity (Wildman–Crippen MR) is 49.0 cm³/mol. The first-order valence-electron chi connectivity index (χ1n) is 4.59. The van der Waals surface area contributed by atoms with Crippen molar-refractivity contribution < 1.29 is 9.59 Å². The van der Waals surface area contributed by atoms with E-state index in [4.69, 9.17) is 0 Å². The Labute approximate surface area is 78.3 Å². The molecule has 4 nitrogen and oxygen atoms in total. The van der Waals surface area contributed by atoms with Crippen molar-refractivity contribution in [3.63, 3.8) is 0 Å². The summed E-state index contributed by atoms with van der Waals surface area (Å²) in [5, 5.41) is 2.64. The number of likely N-dealkylation sites (N-methyl/N-ethyl adjacent to an activating group) is 1. The van der Waals surface area contributed by atoms with E-state index in [2.05, 4.69) is 5.32 Å². The highest BCUT2D eigenvalue weighted by Gasteiger charge is 2.25. The van der Waals surface area contributed by atoms with Gasteiger partial charge in [0.2, 0.25) is 11.8 Å². The van der Waals surface area contributed by atoms with Gasteiger partial charge in [-0.2, -0.15) is 0 Å². The molecule has 1 fully saturated rings. The molecule has 0 unspecified atom stereocenters. The summed E-state index contributed by atoms with van der Waals surface area (Å²) in [5.74, 6) is 0.129. The van der Waals surface area contributed by atoms with Gasteiger partial charge in [0.25, 0.3) is 0 Å². The van der Waals surface area contributed by atoms with Gasteiger partial charge in [0, 0.05) is 20.0 Å². The monoisotopic (exact) mass is 184 g/mol. The second-order valence-corrected chi connectivity index (χ2v) is 3.63. The molecular weight excluding hydrogens is 168 g/mol. The molecule has 1 aliphatic rings. The third-order valence-electron chi connectivity index (χ3n) is 2.39. The van der Waals surface area contributed by atoms with E-state index in [1.807, 2.05) is 0 Å². The Bertz CT molecular complexity index is 210. The van der Waals surface area contributed by atoms with Crippen molar-refractivity contribution in [3.05, 3.63) is 0 Å². The number of nitrogens with one attached hydrogen (secondary N) is 1. The normalized spacial score (nSPS) is 16.2. The first kappa shape index (κ1) is 10.0. The van der Waals surface area contributed by atoms with Crippen molar-refractivity contribution in [1.82, 2.24) is 10.2 Å². The van der Waals surface area contributed by atoms with Gasteiger partial charge >= 0.3 is 0 Å². The number of rotatable bonds is 3. The molecule has 0 spiro atoms. The average Bonchev–Trinajstić information content (AvgIpc) is 1.96. The van der Waals surface area contributed by atoms with Crippen LogP contribution in [0, 0.1) is 5.92 Å². The first-order valence-corrected chi connectivity index (χ1v) is 4.59. The Hall–Kier alpha value is -1.06. The van der Waals surface area contributed by atoms with E-state index in [0.29, 0.717) is 0 Å². The molecule has 1 aliphatic carbocycles. The van der Waals surface area contributed by atoms with Crippen LogP contribution >= 0.6 is 0 Å². The minimum Gasteiger partial charge on any atom is -0.347 e. The second kappa shape index (κ2) is 4.25. The molecule has 0 heterocycles. The molecule has 0 aromatic heterocycles. The van der Waals surface area contributed by atoms with Crippen molar-refractivity contribution in [2.45, 2.75) is 19.3 Å². The van der Waals surface area contributed by atoms with Crippen molar-refractivity contribution in [2.75, 3.05) is 20.6 Å². The van der Waals surface area contributed by atoms with Crippen LogP contribution in [-0.4, -0.2) is 37.4 Å². The van der Waals surface area contributed by atoms with Crippen molar-refractivity contribution in [1.29, 1.82) is 0 Å². The second-order valence-electron chi connectivity index (χ2n) is 3.63. The van der Waals surface area contributed by atoms with Crippen LogP contribution in [0.3, 0.4) is 0 Å². The Morgan fingerprint density at radius 3 is 2.38 bits per heavy atom. The van der Waals surface area contributed by atoms with Gasteiger partial charge in [0.05, 0.1) is 6.54 Å². The molecule has 0 radical (unpaired) electrons. The molecule has 0 aliphatic heterocycles. The summed E-state index contributed by atoms with van der Waals surface area (Å²) in [7, 11) is 3.36. The summed E-state index contributed by atoms with van der Waals surface area (Å²) in [5.41, 5.74) is 0. The third-order valence-corrected chi connectivity index (χ3v) is 2.39. The molecule has 1 N–H and O–H groups in total. The minimum atomic E-state index is -0.0623. The minimum absolute atomic E-state index is 0.0291. The van der Waals surface area contributed by atoms with E-state index in [-0.39, 0.29) is 24.3 Å². The molecule has 4 heteroatoms. The van der Waals surface area contributed by atoms with Crippen molar-refractivity contribution >= 4 is 11.8 Å². The summed E-state index contributed by atoms with van der Waals surface area (Å²) in [4.78, 5) is 23.8. The maximum atomic E-state index is 11.3. The number of hydrogen-bond acceptors (Lipinski definition) is 2. The molecule has 2 amide bonds. The Morgan fingerprint density at radius 2 is 2.00 bits per heavy atom. The quantitative estimate of drug-likeness (QED) is 0.670. The smallest absolute Gasteiger partial charge is 0.241 e. The maximum Gasteiger partial charge on any atom is 0.241 e. The summed E-state index contributed by atoms with van der Waals surface area (Å²) in [6.07, 6.45) is 3.09. The molecule has 1 rings (SSSR count). The van der Waals surface area contributed by atoms with E-state index in [0.717, 1.165) is 19.3 Å². The van der Waals surface area contributed by atoms with Crippen molar-refractivity contribution in [3.8, 4) is 0 Å². The van der Waals surface area contributed by atoms with Gasteiger partial charge in [-0.1, -0.05) is 6.42 Å². The maximum absolute atomic E-state index is 11.3. The molecule has 0 atom stereocenters. The van der Waals surface area contributed by atoms with Crippen LogP contribution in [0.4, 0.5) is 0 Å². The lowest BCUT2D eigenvalue weighted by Gasteiger charge is -2.24. The largest absolute Gasteiger partial charge is 0.347 e. The lowest BCUT2D eigenvalue weighted by atomic mass is 9.85. The van der Waals surface area contributed by atoms with Crippen LogP contribution in [-0.2, 0) is 9.59 Å². The fourth-order valence-electron chi connectivity index (χ4n) is 1.14. The molecule has 0 bridgehead atoms. The Morgan fingerprint density at radius 1 is 1.38 bits per heavy atom. The highest BCUT2D eigenvalue weighted by Crippen LogP contribution is 2.25. The third kappa shape index (κ3) is 2.72. The van der Waals surface area contributed by atoms with Gasteiger partial charge in [-0.15, -0.1) is 0 Å². The summed E-state index contributed by atoms with van der Waals surface area (Å²) in [6.45, 7) is 0.127. The molecular formula is C9H16N2O2. The molecule has 0 aromatic carbocycles. The summed E-state index contributed by atoms with van der Waals surface area (Å²) in [6, 6.07) is 0. The van der Waals surface area contributed by atoms with Crippen LogP contribution in [0.2, 0.25) is 0 Å². The fourth-order valence-corrected chi connectivity index (χ4v) is 1.14. The first-order chi connectivity index (χ1) is 6.11. The van der Waals surface area contributed by atoms with E-state index in [9.17, 15) is 9.59 Å². The van der Waals surface area contributed by atoms with Gasteiger partial charge in [0.1, 0.15) is 0 Å². The van der Waals surface area contributed by atoms with E-state index >= 15 is 0 Å². The zero-order valence-electron chi connectivity index (χ0n) is 8.17. The lowest BCUT2D eigenvalue weighted by molar-refractivity contribution is -0.133. The van der Waals surface area contributed by atoms with E-state index < -0.39 is 0 Å². The SMILES string of the molecule is CN(C)C(=O)CNC(=O)C1CCC1. The summed E-state index contributed by atoms with van der Waals surface area (Å²) < 4.78 is 0. The van der Waals surface area contributed by atoms with Gasteiger partial charge < -0.3 is 10.2 Å². The molecule has 1 saturated carbocycles. The van der Waals surface area contributed by atoms with Crippen LogP contribution < -0.4 is 5.32 Å². The van der Waals surface area contributed by atoms with E-state index in [1.54, 1.807) is 14.1 Å². The highest BCUT2D eigenvalue weighted by atomic mass is 16.2. The van der Waals surface area contributed by atoms with Gasteiger partial charge in [-0.3, -0.25) is 9.59 Å². The van der Waals surface area contributed by atoms with Gasteiger partial charge in [-0.05, 0) is 12.8 Å². The topological polar surface area (TPSA) is 49.4 Å². The van der Waals surface area contributed by atoms with Crippen LogP contribution in [0.1, 0.15) is 19.3 Å². The Balaban J connectivity index is 2.17.